The molecule has 0 bridgehead atoms. The van der Waals surface area contributed by atoms with Crippen LogP contribution in [0.25, 0.3) is 0 Å². The summed E-state index contributed by atoms with van der Waals surface area (Å²) in [4.78, 5) is 15.0. The summed E-state index contributed by atoms with van der Waals surface area (Å²) in [5, 5.41) is 8.33. The first-order chi connectivity index (χ1) is 8.47. The Balaban J connectivity index is 2.09. The lowest BCUT2D eigenvalue weighted by Crippen LogP contribution is -2.14. The summed E-state index contributed by atoms with van der Waals surface area (Å²) in [5.41, 5.74) is -0.682. The Morgan fingerprint density at radius 2 is 2.06 bits per heavy atom. The van der Waals surface area contributed by atoms with Crippen LogP contribution in [-0.2, 0) is 6.18 Å². The summed E-state index contributed by atoms with van der Waals surface area (Å²) < 4.78 is 36.8. The summed E-state index contributed by atoms with van der Waals surface area (Å²) in [6, 6.07) is 3.35. The number of pyridine rings is 1. The second-order valence-electron chi connectivity index (χ2n) is 3.35. The minimum Gasteiger partial charge on any atom is -0.305 e. The van der Waals surface area contributed by atoms with Crippen molar-refractivity contribution >= 4 is 11.7 Å². The van der Waals surface area contributed by atoms with E-state index in [0.29, 0.717) is 6.20 Å². The summed E-state index contributed by atoms with van der Waals surface area (Å²) in [7, 11) is 0. The van der Waals surface area contributed by atoms with E-state index in [1.807, 2.05) is 0 Å². The van der Waals surface area contributed by atoms with Gasteiger partial charge in [0.25, 0.3) is 5.91 Å². The topological polar surface area (TPSA) is 70.7 Å². The molecule has 0 saturated heterocycles. The number of H-pyrrole nitrogens is 1. The van der Waals surface area contributed by atoms with E-state index in [2.05, 4.69) is 20.5 Å². The van der Waals surface area contributed by atoms with Gasteiger partial charge in [0.05, 0.1) is 5.56 Å². The number of carbonyl (C=O) groups excluding carboxylic acids is 1. The summed E-state index contributed by atoms with van der Waals surface area (Å²) in [6.45, 7) is 0. The van der Waals surface area contributed by atoms with Crippen molar-refractivity contribution in [3.63, 3.8) is 0 Å². The average Bonchev–Trinajstić information content (AvgIpc) is 2.82. The molecule has 0 saturated carbocycles. The molecule has 0 aliphatic carbocycles. The Hall–Kier alpha value is -2.38. The molecule has 5 nitrogen and oxygen atoms in total. The van der Waals surface area contributed by atoms with Crippen LogP contribution >= 0.6 is 0 Å². The number of aromatic nitrogens is 3. The van der Waals surface area contributed by atoms with Gasteiger partial charge >= 0.3 is 6.18 Å². The first-order valence-corrected chi connectivity index (χ1v) is 4.81. The first-order valence-electron chi connectivity index (χ1n) is 4.81. The lowest BCUT2D eigenvalue weighted by Gasteiger charge is -2.07. The van der Waals surface area contributed by atoms with Crippen LogP contribution in [0, 0.1) is 0 Å². The minimum atomic E-state index is -4.45. The molecule has 1 amide bonds. The third kappa shape index (κ3) is 2.65. The predicted octanol–water partition coefficient (Wildman–Crippen LogP) is 2.08. The van der Waals surface area contributed by atoms with Crippen molar-refractivity contribution in [3.8, 4) is 0 Å². The highest BCUT2D eigenvalue weighted by Gasteiger charge is 2.30. The molecule has 0 atom stereocenters. The largest absolute Gasteiger partial charge is 0.417 e. The van der Waals surface area contributed by atoms with Gasteiger partial charge in [0, 0.05) is 12.4 Å². The van der Waals surface area contributed by atoms with Crippen LogP contribution in [-0.4, -0.2) is 21.1 Å². The number of anilines is 1. The van der Waals surface area contributed by atoms with Crippen LogP contribution in [0.1, 0.15) is 16.1 Å². The molecule has 2 heterocycles. The fourth-order valence-electron chi connectivity index (χ4n) is 1.20. The zero-order valence-electron chi connectivity index (χ0n) is 8.82. The highest BCUT2D eigenvalue weighted by atomic mass is 19.4. The summed E-state index contributed by atoms with van der Waals surface area (Å²) >= 11 is 0. The van der Waals surface area contributed by atoms with Gasteiger partial charge in [-0.25, -0.2) is 4.98 Å². The molecule has 0 aliphatic heterocycles. The number of hydrogen-bond donors (Lipinski definition) is 2. The van der Waals surface area contributed by atoms with Gasteiger partial charge in [-0.1, -0.05) is 0 Å². The number of hydrogen-bond acceptors (Lipinski definition) is 3. The molecule has 0 fully saturated rings. The lowest BCUT2D eigenvalue weighted by atomic mass is 10.3. The van der Waals surface area contributed by atoms with Crippen molar-refractivity contribution in [1.82, 2.24) is 15.2 Å². The molecule has 0 aliphatic rings. The van der Waals surface area contributed by atoms with Gasteiger partial charge in [-0.15, -0.1) is 0 Å². The monoisotopic (exact) mass is 256 g/mol. The van der Waals surface area contributed by atoms with Crippen molar-refractivity contribution in [1.29, 1.82) is 0 Å². The van der Waals surface area contributed by atoms with Crippen LogP contribution in [0.3, 0.4) is 0 Å². The second kappa shape index (κ2) is 4.47. The molecule has 2 N–H and O–H groups in total. The van der Waals surface area contributed by atoms with Crippen LogP contribution in [0.4, 0.5) is 19.0 Å². The third-order valence-corrected chi connectivity index (χ3v) is 2.08. The molecule has 0 unspecified atom stereocenters. The molecule has 0 spiro atoms. The zero-order chi connectivity index (χ0) is 13.2. The van der Waals surface area contributed by atoms with Gasteiger partial charge in [-0.3, -0.25) is 9.89 Å². The number of aromatic amines is 1. The third-order valence-electron chi connectivity index (χ3n) is 2.08. The summed E-state index contributed by atoms with van der Waals surface area (Å²) in [6.07, 6.45) is -2.41. The van der Waals surface area contributed by atoms with Crippen LogP contribution in [0.15, 0.2) is 30.6 Å². The Bertz CT molecular complexity index is 533. The quantitative estimate of drug-likeness (QED) is 0.864. The van der Waals surface area contributed by atoms with Gasteiger partial charge < -0.3 is 5.32 Å². The number of alkyl halides is 3. The van der Waals surface area contributed by atoms with Gasteiger partial charge in [-0.05, 0) is 18.2 Å². The van der Waals surface area contributed by atoms with E-state index >= 15 is 0 Å². The molecule has 94 valence electrons. The smallest absolute Gasteiger partial charge is 0.305 e. The maximum absolute atomic E-state index is 12.3. The SMILES string of the molecule is O=C(Nc1ccc(C(F)(F)F)cn1)c1ccn[nH]1. The average molecular weight is 256 g/mol. The molecule has 2 aromatic rings. The van der Waals surface area contributed by atoms with Crippen LogP contribution in [0.2, 0.25) is 0 Å². The van der Waals surface area contributed by atoms with Crippen LogP contribution in [0.5, 0.6) is 0 Å². The van der Waals surface area contributed by atoms with E-state index in [4.69, 9.17) is 0 Å². The van der Waals surface area contributed by atoms with Crippen molar-refractivity contribution in [3.05, 3.63) is 41.9 Å². The molecule has 2 aromatic heterocycles. The van der Waals surface area contributed by atoms with Crippen molar-refractivity contribution in [2.45, 2.75) is 6.18 Å². The highest BCUT2D eigenvalue weighted by molar-refractivity contribution is 6.02. The molecular formula is C10H7F3N4O. The van der Waals surface area contributed by atoms with E-state index in [9.17, 15) is 18.0 Å². The number of rotatable bonds is 2. The maximum atomic E-state index is 12.3. The molecule has 18 heavy (non-hydrogen) atoms. The lowest BCUT2D eigenvalue weighted by molar-refractivity contribution is -0.137. The zero-order valence-corrected chi connectivity index (χ0v) is 8.82. The molecule has 0 radical (unpaired) electrons. The number of carbonyl (C=O) groups is 1. The standard InChI is InChI=1S/C10H7F3N4O/c11-10(12,13)6-1-2-8(14-5-6)16-9(18)7-3-4-15-17-7/h1-5H,(H,15,17)(H,14,16,18). The fourth-order valence-corrected chi connectivity index (χ4v) is 1.20. The normalized spacial score (nSPS) is 11.3. The Kier molecular flexibility index (Phi) is 3.00. The van der Waals surface area contributed by atoms with E-state index in [1.54, 1.807) is 0 Å². The van der Waals surface area contributed by atoms with Crippen molar-refractivity contribution in [2.75, 3.05) is 5.32 Å². The molecule has 2 rings (SSSR count). The Morgan fingerprint density at radius 1 is 1.28 bits per heavy atom. The van der Waals surface area contributed by atoms with E-state index in [0.717, 1.165) is 12.1 Å². The summed E-state index contributed by atoms with van der Waals surface area (Å²) in [5.74, 6) is -0.498. The number of nitrogens with one attached hydrogen (secondary N) is 2. The van der Waals surface area contributed by atoms with Gasteiger partial charge in [0.2, 0.25) is 0 Å². The van der Waals surface area contributed by atoms with Crippen molar-refractivity contribution in [2.24, 2.45) is 0 Å². The molecule has 0 aromatic carbocycles. The number of halogens is 3. The Labute approximate surface area is 99.0 Å². The second-order valence-corrected chi connectivity index (χ2v) is 3.35. The van der Waals surface area contributed by atoms with Crippen molar-refractivity contribution < 1.29 is 18.0 Å². The van der Waals surface area contributed by atoms with E-state index in [-0.39, 0.29) is 11.5 Å². The van der Waals surface area contributed by atoms with E-state index in [1.165, 1.54) is 12.3 Å². The van der Waals surface area contributed by atoms with Gasteiger partial charge in [0.15, 0.2) is 0 Å². The highest BCUT2D eigenvalue weighted by Crippen LogP contribution is 2.28. The number of amides is 1. The first kappa shape index (κ1) is 12.1. The fraction of sp³-hybridized carbons (Fsp3) is 0.100. The Morgan fingerprint density at radius 3 is 2.56 bits per heavy atom. The predicted molar refractivity (Wildman–Crippen MR) is 55.8 cm³/mol. The maximum Gasteiger partial charge on any atom is 0.417 e. The van der Waals surface area contributed by atoms with Gasteiger partial charge in [0.1, 0.15) is 11.5 Å². The van der Waals surface area contributed by atoms with Gasteiger partial charge in [-0.2, -0.15) is 18.3 Å². The minimum absolute atomic E-state index is 0.0302. The molecular weight excluding hydrogens is 249 g/mol. The number of nitrogens with zero attached hydrogens (tertiary/aromatic N) is 2. The van der Waals surface area contributed by atoms with Crippen LogP contribution < -0.4 is 5.32 Å². The van der Waals surface area contributed by atoms with E-state index < -0.39 is 17.6 Å². The molecule has 8 heteroatoms.